The molecule has 0 aliphatic heterocycles. The molecule has 0 radical (unpaired) electrons. The predicted octanol–water partition coefficient (Wildman–Crippen LogP) is 1.97. The van der Waals surface area contributed by atoms with E-state index in [1.807, 2.05) is 31.2 Å². The van der Waals surface area contributed by atoms with E-state index in [2.05, 4.69) is 5.32 Å². The van der Waals surface area contributed by atoms with Crippen molar-refractivity contribution in [2.24, 2.45) is 0 Å². The first-order chi connectivity index (χ1) is 7.70. The number of urea groups is 1. The molecule has 1 aromatic rings. The molecule has 4 heteroatoms. The molecule has 0 atom stereocenters. The van der Waals surface area contributed by atoms with Gasteiger partial charge in [-0.25, -0.2) is 4.79 Å². The number of anilines is 2. The van der Waals surface area contributed by atoms with Crippen LogP contribution in [0.1, 0.15) is 19.8 Å². The van der Waals surface area contributed by atoms with Crippen molar-refractivity contribution in [2.75, 3.05) is 17.2 Å². The van der Waals surface area contributed by atoms with Gasteiger partial charge < -0.3 is 11.1 Å². The molecule has 0 unspecified atom stereocenters. The lowest BCUT2D eigenvalue weighted by Gasteiger charge is -2.21. The average molecular weight is 219 g/mol. The van der Waals surface area contributed by atoms with Crippen LogP contribution in [0.2, 0.25) is 0 Å². The molecule has 0 bridgehead atoms. The van der Waals surface area contributed by atoms with Crippen molar-refractivity contribution in [3.8, 4) is 0 Å². The number of amides is 2. The zero-order valence-electron chi connectivity index (χ0n) is 9.44. The number of carbonyl (C=O) groups excluding carboxylic acids is 1. The van der Waals surface area contributed by atoms with Crippen LogP contribution in [0, 0.1) is 0 Å². The lowest BCUT2D eigenvalue weighted by Crippen LogP contribution is -2.41. The normalized spacial score (nSPS) is 14.6. The number of nitrogens with two attached hydrogens (primary N) is 1. The first kappa shape index (κ1) is 10.8. The Morgan fingerprint density at radius 1 is 1.44 bits per heavy atom. The van der Waals surface area contributed by atoms with Gasteiger partial charge in [-0.1, -0.05) is 0 Å². The van der Waals surface area contributed by atoms with Crippen LogP contribution in [0.25, 0.3) is 0 Å². The van der Waals surface area contributed by atoms with Crippen LogP contribution >= 0.6 is 0 Å². The summed E-state index contributed by atoms with van der Waals surface area (Å²) in [6.07, 6.45) is 2.20. The van der Waals surface area contributed by atoms with E-state index in [0.717, 1.165) is 18.5 Å². The third kappa shape index (κ3) is 2.45. The van der Waals surface area contributed by atoms with Crippen molar-refractivity contribution >= 4 is 17.4 Å². The average Bonchev–Trinajstić information content (AvgIpc) is 3.06. The molecule has 0 aromatic heterocycles. The lowest BCUT2D eigenvalue weighted by molar-refractivity contribution is 0.246. The molecule has 86 valence electrons. The van der Waals surface area contributed by atoms with Crippen LogP contribution in [-0.4, -0.2) is 18.6 Å². The van der Waals surface area contributed by atoms with E-state index in [1.165, 1.54) is 0 Å². The highest BCUT2D eigenvalue weighted by Crippen LogP contribution is 2.21. The van der Waals surface area contributed by atoms with Crippen LogP contribution in [0.15, 0.2) is 24.3 Å². The summed E-state index contributed by atoms with van der Waals surface area (Å²) in [6, 6.07) is 7.71. The summed E-state index contributed by atoms with van der Waals surface area (Å²) in [7, 11) is 0. The van der Waals surface area contributed by atoms with Crippen molar-refractivity contribution in [3.63, 3.8) is 0 Å². The highest BCUT2D eigenvalue weighted by atomic mass is 16.2. The molecule has 1 aliphatic rings. The zero-order chi connectivity index (χ0) is 11.5. The molecule has 3 N–H and O–H groups in total. The number of carbonyl (C=O) groups is 1. The molecule has 0 spiro atoms. The van der Waals surface area contributed by atoms with Crippen LogP contribution in [0.4, 0.5) is 16.2 Å². The van der Waals surface area contributed by atoms with Gasteiger partial charge in [0.25, 0.3) is 0 Å². The zero-order valence-corrected chi connectivity index (χ0v) is 9.44. The maximum Gasteiger partial charge on any atom is 0.322 e. The largest absolute Gasteiger partial charge is 0.399 e. The molecule has 0 heterocycles. The second kappa shape index (κ2) is 4.43. The lowest BCUT2D eigenvalue weighted by atomic mass is 10.2. The summed E-state index contributed by atoms with van der Waals surface area (Å²) in [6.45, 7) is 2.62. The van der Waals surface area contributed by atoms with Gasteiger partial charge in [-0.15, -0.1) is 0 Å². The Kier molecular flexibility index (Phi) is 2.99. The molecular weight excluding hydrogens is 202 g/mol. The summed E-state index contributed by atoms with van der Waals surface area (Å²) >= 11 is 0. The number of rotatable bonds is 3. The SMILES string of the molecule is CCN(C(=O)NC1CC1)c1ccc(N)cc1. The molecule has 2 rings (SSSR count). The number of nitrogens with one attached hydrogen (secondary N) is 1. The standard InChI is InChI=1S/C12H17N3O/c1-2-15(12(16)14-10-5-6-10)11-7-3-9(13)4-8-11/h3-4,7-8,10H,2,5-6,13H2,1H3,(H,14,16). The highest BCUT2D eigenvalue weighted by molar-refractivity contribution is 5.92. The highest BCUT2D eigenvalue weighted by Gasteiger charge is 2.25. The van der Waals surface area contributed by atoms with Gasteiger partial charge >= 0.3 is 6.03 Å². The summed E-state index contributed by atoms with van der Waals surface area (Å²) in [5, 5.41) is 2.97. The maximum absolute atomic E-state index is 11.9. The van der Waals surface area contributed by atoms with Gasteiger partial charge in [0.2, 0.25) is 0 Å². The molecule has 1 fully saturated rings. The third-order valence-corrected chi connectivity index (χ3v) is 2.67. The predicted molar refractivity (Wildman–Crippen MR) is 65.4 cm³/mol. The Morgan fingerprint density at radius 2 is 2.06 bits per heavy atom. The Morgan fingerprint density at radius 3 is 2.56 bits per heavy atom. The summed E-state index contributed by atoms with van der Waals surface area (Å²) in [5.41, 5.74) is 7.21. The Bertz CT molecular complexity index is 370. The quantitative estimate of drug-likeness (QED) is 0.763. The number of hydrogen-bond donors (Lipinski definition) is 2. The minimum atomic E-state index is -0.0187. The smallest absolute Gasteiger partial charge is 0.322 e. The summed E-state index contributed by atoms with van der Waals surface area (Å²) in [5.74, 6) is 0. The summed E-state index contributed by atoms with van der Waals surface area (Å²) in [4.78, 5) is 13.6. The van der Waals surface area contributed by atoms with Gasteiger partial charge in [0.05, 0.1) is 0 Å². The minimum absolute atomic E-state index is 0.0187. The molecule has 1 aromatic carbocycles. The first-order valence-corrected chi connectivity index (χ1v) is 5.64. The van der Waals surface area contributed by atoms with Gasteiger partial charge in [0.1, 0.15) is 0 Å². The Hall–Kier alpha value is -1.71. The van der Waals surface area contributed by atoms with Gasteiger partial charge in [0, 0.05) is 24.0 Å². The molecule has 4 nitrogen and oxygen atoms in total. The second-order valence-corrected chi connectivity index (χ2v) is 4.06. The number of benzene rings is 1. The van der Waals surface area contributed by atoms with Crippen LogP contribution < -0.4 is 16.0 Å². The van der Waals surface area contributed by atoms with Crippen LogP contribution in [-0.2, 0) is 0 Å². The Balaban J connectivity index is 2.07. The molecule has 0 saturated heterocycles. The third-order valence-electron chi connectivity index (χ3n) is 2.67. The fourth-order valence-electron chi connectivity index (χ4n) is 1.58. The fourth-order valence-corrected chi connectivity index (χ4v) is 1.58. The minimum Gasteiger partial charge on any atom is -0.399 e. The van der Waals surface area contributed by atoms with Crippen molar-refractivity contribution < 1.29 is 4.79 Å². The second-order valence-electron chi connectivity index (χ2n) is 4.06. The Labute approximate surface area is 95.4 Å². The topological polar surface area (TPSA) is 58.4 Å². The van der Waals surface area contributed by atoms with Crippen molar-refractivity contribution in [1.82, 2.24) is 5.32 Å². The van der Waals surface area contributed by atoms with Gasteiger partial charge in [-0.05, 0) is 44.0 Å². The van der Waals surface area contributed by atoms with Gasteiger partial charge in [-0.2, -0.15) is 0 Å². The molecular formula is C12H17N3O. The van der Waals surface area contributed by atoms with Gasteiger partial charge in [-0.3, -0.25) is 4.90 Å². The summed E-state index contributed by atoms with van der Waals surface area (Å²) < 4.78 is 0. The fraction of sp³-hybridized carbons (Fsp3) is 0.417. The van der Waals surface area contributed by atoms with E-state index < -0.39 is 0 Å². The van der Waals surface area contributed by atoms with E-state index >= 15 is 0 Å². The van der Waals surface area contributed by atoms with E-state index in [0.29, 0.717) is 18.3 Å². The number of nitrogen functional groups attached to an aromatic ring is 1. The van der Waals surface area contributed by atoms with Crippen LogP contribution in [0.5, 0.6) is 0 Å². The maximum atomic E-state index is 11.9. The van der Waals surface area contributed by atoms with E-state index in [9.17, 15) is 4.79 Å². The number of nitrogens with zero attached hydrogens (tertiary/aromatic N) is 1. The van der Waals surface area contributed by atoms with Crippen molar-refractivity contribution in [3.05, 3.63) is 24.3 Å². The van der Waals surface area contributed by atoms with Crippen LogP contribution in [0.3, 0.4) is 0 Å². The van der Waals surface area contributed by atoms with E-state index in [1.54, 1.807) is 4.90 Å². The molecule has 16 heavy (non-hydrogen) atoms. The number of hydrogen-bond acceptors (Lipinski definition) is 2. The van der Waals surface area contributed by atoms with Crippen molar-refractivity contribution in [1.29, 1.82) is 0 Å². The van der Waals surface area contributed by atoms with E-state index in [4.69, 9.17) is 5.73 Å². The van der Waals surface area contributed by atoms with E-state index in [-0.39, 0.29) is 6.03 Å². The molecule has 1 saturated carbocycles. The first-order valence-electron chi connectivity index (χ1n) is 5.64. The molecule has 1 aliphatic carbocycles. The van der Waals surface area contributed by atoms with Crippen molar-refractivity contribution in [2.45, 2.75) is 25.8 Å². The monoisotopic (exact) mass is 219 g/mol. The molecule has 2 amide bonds. The van der Waals surface area contributed by atoms with Gasteiger partial charge in [0.15, 0.2) is 0 Å².